The summed E-state index contributed by atoms with van der Waals surface area (Å²) in [4.78, 5) is 5.07. The minimum atomic E-state index is 0.657. The Labute approximate surface area is 186 Å². The van der Waals surface area contributed by atoms with Gasteiger partial charge in [-0.2, -0.15) is 0 Å². The minimum Gasteiger partial charge on any atom is -0.377 e. The van der Waals surface area contributed by atoms with Crippen LogP contribution in [-0.4, -0.2) is 18.2 Å². The average Bonchev–Trinajstić information content (AvgIpc) is 2.80. The molecule has 0 saturated heterocycles. The van der Waals surface area contributed by atoms with Crippen molar-refractivity contribution in [2.45, 2.75) is 58.7 Å². The molecule has 3 aromatic rings. The molecular weight excluding hydrogens is 382 g/mol. The normalized spacial score (nSPS) is 16.3. The van der Waals surface area contributed by atoms with E-state index in [0.717, 1.165) is 57.4 Å². The smallest absolute Gasteiger partial charge is 0.0737 e. The summed E-state index contributed by atoms with van der Waals surface area (Å²) in [7, 11) is 0. The lowest BCUT2D eigenvalue weighted by Crippen LogP contribution is -2.04. The molecule has 1 aromatic heterocycles. The highest BCUT2D eigenvalue weighted by molar-refractivity contribution is 5.63. The van der Waals surface area contributed by atoms with Gasteiger partial charge in [0.05, 0.1) is 18.9 Å². The van der Waals surface area contributed by atoms with E-state index in [1.807, 2.05) is 0 Å². The highest BCUT2D eigenvalue weighted by atomic mass is 16.5. The molecule has 0 radical (unpaired) electrons. The van der Waals surface area contributed by atoms with Crippen molar-refractivity contribution in [2.75, 3.05) is 13.2 Å². The van der Waals surface area contributed by atoms with E-state index in [4.69, 9.17) is 14.5 Å². The van der Waals surface area contributed by atoms with Crippen molar-refractivity contribution in [1.29, 1.82) is 0 Å². The molecule has 2 aliphatic heterocycles. The van der Waals surface area contributed by atoms with E-state index in [1.165, 1.54) is 33.5 Å². The Bertz CT molecular complexity index is 965. The highest BCUT2D eigenvalue weighted by Crippen LogP contribution is 2.25. The fraction of sp³-hybridized carbons (Fsp3) is 0.393. The van der Waals surface area contributed by atoms with Crippen molar-refractivity contribution in [2.24, 2.45) is 0 Å². The molecule has 3 heteroatoms. The SMILES string of the molecule is Cc1ccc(-c2nc3ccc2CCCCOCc2ccccc2COCCCC3)cc1. The zero-order chi connectivity index (χ0) is 21.3. The Morgan fingerprint density at radius 3 is 1.97 bits per heavy atom. The van der Waals surface area contributed by atoms with Crippen LogP contribution < -0.4 is 0 Å². The number of aromatic nitrogens is 1. The maximum atomic E-state index is 5.99. The van der Waals surface area contributed by atoms with Gasteiger partial charge in [0.25, 0.3) is 0 Å². The molecule has 3 heterocycles. The first kappa shape index (κ1) is 21.7. The zero-order valence-corrected chi connectivity index (χ0v) is 18.6. The predicted molar refractivity (Wildman–Crippen MR) is 126 cm³/mol. The lowest BCUT2D eigenvalue weighted by Gasteiger charge is -2.14. The van der Waals surface area contributed by atoms with Crippen molar-refractivity contribution in [3.05, 3.63) is 88.6 Å². The van der Waals surface area contributed by atoms with Crippen LogP contribution in [0.1, 0.15) is 53.6 Å². The lowest BCUT2D eigenvalue weighted by molar-refractivity contribution is 0.104. The number of hydrogen-bond acceptors (Lipinski definition) is 3. The van der Waals surface area contributed by atoms with Gasteiger partial charge >= 0.3 is 0 Å². The summed E-state index contributed by atoms with van der Waals surface area (Å²) in [5, 5.41) is 0. The quantitative estimate of drug-likeness (QED) is 0.458. The summed E-state index contributed by atoms with van der Waals surface area (Å²) in [5.74, 6) is 0. The van der Waals surface area contributed by atoms with Crippen LogP contribution in [0.3, 0.4) is 0 Å². The lowest BCUT2D eigenvalue weighted by atomic mass is 9.99. The number of pyridine rings is 1. The van der Waals surface area contributed by atoms with Gasteiger partial charge in [-0.3, -0.25) is 4.98 Å². The van der Waals surface area contributed by atoms with Crippen LogP contribution in [0.15, 0.2) is 60.7 Å². The molecule has 0 atom stereocenters. The van der Waals surface area contributed by atoms with Crippen LogP contribution >= 0.6 is 0 Å². The second kappa shape index (κ2) is 11.2. The van der Waals surface area contributed by atoms with E-state index < -0.39 is 0 Å². The minimum absolute atomic E-state index is 0.657. The number of aryl methyl sites for hydroxylation is 3. The largest absolute Gasteiger partial charge is 0.377 e. The van der Waals surface area contributed by atoms with Crippen molar-refractivity contribution in [1.82, 2.24) is 4.98 Å². The third-order valence-electron chi connectivity index (χ3n) is 5.95. The highest BCUT2D eigenvalue weighted by Gasteiger charge is 2.10. The van der Waals surface area contributed by atoms with E-state index in [2.05, 4.69) is 67.6 Å². The Kier molecular flexibility index (Phi) is 7.87. The second-order valence-electron chi connectivity index (χ2n) is 8.46. The third-order valence-corrected chi connectivity index (χ3v) is 5.95. The number of hydrogen-bond donors (Lipinski definition) is 0. The van der Waals surface area contributed by atoms with Crippen LogP contribution in [0.2, 0.25) is 0 Å². The molecule has 2 bridgehead atoms. The molecule has 0 unspecified atom stereocenters. The second-order valence-corrected chi connectivity index (χ2v) is 8.46. The molecule has 5 rings (SSSR count). The van der Waals surface area contributed by atoms with Gasteiger partial charge in [-0.05, 0) is 68.2 Å². The first-order chi connectivity index (χ1) is 15.3. The predicted octanol–water partition coefficient (Wildman–Crippen LogP) is 6.45. The molecule has 0 N–H and O–H groups in total. The van der Waals surface area contributed by atoms with Gasteiger partial charge < -0.3 is 9.47 Å². The fourth-order valence-corrected chi connectivity index (χ4v) is 4.06. The maximum absolute atomic E-state index is 5.99. The molecule has 2 aliphatic rings. The molecule has 0 aliphatic carbocycles. The van der Waals surface area contributed by atoms with Gasteiger partial charge in [0.2, 0.25) is 0 Å². The van der Waals surface area contributed by atoms with E-state index >= 15 is 0 Å². The van der Waals surface area contributed by atoms with E-state index in [9.17, 15) is 0 Å². The summed E-state index contributed by atoms with van der Waals surface area (Å²) in [5.41, 5.74) is 8.63. The van der Waals surface area contributed by atoms with Crippen LogP contribution in [-0.2, 0) is 35.5 Å². The van der Waals surface area contributed by atoms with E-state index in [-0.39, 0.29) is 0 Å². The van der Waals surface area contributed by atoms with Gasteiger partial charge in [-0.25, -0.2) is 0 Å². The molecule has 31 heavy (non-hydrogen) atoms. The topological polar surface area (TPSA) is 31.4 Å². The molecule has 3 nitrogen and oxygen atoms in total. The summed E-state index contributed by atoms with van der Waals surface area (Å²) in [6, 6.07) is 21.7. The Balaban J connectivity index is 1.49. The number of ether oxygens (including phenoxy) is 2. The molecule has 0 spiro atoms. The van der Waals surface area contributed by atoms with Crippen LogP contribution in [0.25, 0.3) is 11.3 Å². The zero-order valence-electron chi connectivity index (χ0n) is 18.6. The number of benzene rings is 2. The molecule has 0 saturated carbocycles. The summed E-state index contributed by atoms with van der Waals surface area (Å²) < 4.78 is 12.0. The molecule has 162 valence electrons. The Morgan fingerprint density at radius 1 is 0.645 bits per heavy atom. The van der Waals surface area contributed by atoms with Gasteiger partial charge in [0.15, 0.2) is 0 Å². The first-order valence-electron chi connectivity index (χ1n) is 11.6. The fourth-order valence-electron chi connectivity index (χ4n) is 4.06. The van der Waals surface area contributed by atoms with Crippen LogP contribution in [0, 0.1) is 6.92 Å². The summed E-state index contributed by atoms with van der Waals surface area (Å²) in [6.45, 7) is 5.00. The van der Waals surface area contributed by atoms with E-state index in [0.29, 0.717) is 13.2 Å². The van der Waals surface area contributed by atoms with Crippen molar-refractivity contribution in [3.63, 3.8) is 0 Å². The van der Waals surface area contributed by atoms with Gasteiger partial charge in [0, 0.05) is 24.5 Å². The number of rotatable bonds is 1. The summed E-state index contributed by atoms with van der Waals surface area (Å²) in [6.07, 6.45) is 6.31. The average molecular weight is 416 g/mol. The molecule has 0 amide bonds. The number of nitrogens with zero attached hydrogens (tertiary/aromatic N) is 1. The third kappa shape index (κ3) is 6.25. The number of fused-ring (bicyclic) bond motifs is 12. The molecule has 2 aromatic carbocycles. The molecular formula is C28H33NO2. The standard InChI is InChI=1S/C28H33NO2/c1-22-12-14-24(15-13-22)28-23-8-4-6-18-30-20-25-9-2-3-10-26(25)21-31-19-7-5-11-27(29-28)17-16-23/h2-3,9-10,12-17H,4-8,11,18-21H2,1H3. The van der Waals surface area contributed by atoms with Crippen molar-refractivity contribution >= 4 is 0 Å². The maximum Gasteiger partial charge on any atom is 0.0737 e. The van der Waals surface area contributed by atoms with Crippen molar-refractivity contribution in [3.8, 4) is 11.3 Å². The van der Waals surface area contributed by atoms with Crippen LogP contribution in [0.4, 0.5) is 0 Å². The Morgan fingerprint density at radius 2 is 1.29 bits per heavy atom. The van der Waals surface area contributed by atoms with E-state index in [1.54, 1.807) is 0 Å². The summed E-state index contributed by atoms with van der Waals surface area (Å²) >= 11 is 0. The monoisotopic (exact) mass is 415 g/mol. The van der Waals surface area contributed by atoms with Crippen molar-refractivity contribution < 1.29 is 9.47 Å². The van der Waals surface area contributed by atoms with Gasteiger partial charge in [0.1, 0.15) is 0 Å². The van der Waals surface area contributed by atoms with Gasteiger partial charge in [-0.15, -0.1) is 0 Å². The molecule has 0 fully saturated rings. The van der Waals surface area contributed by atoms with Crippen LogP contribution in [0.5, 0.6) is 0 Å². The first-order valence-corrected chi connectivity index (χ1v) is 11.6. The Hall–Kier alpha value is -2.49. The van der Waals surface area contributed by atoms with Gasteiger partial charge in [-0.1, -0.05) is 60.2 Å².